The van der Waals surface area contributed by atoms with Crippen LogP contribution in [0.2, 0.25) is 0 Å². The van der Waals surface area contributed by atoms with Crippen molar-refractivity contribution < 1.29 is 18.9 Å². The van der Waals surface area contributed by atoms with Gasteiger partial charge in [0.05, 0.1) is 6.04 Å². The van der Waals surface area contributed by atoms with E-state index in [4.69, 9.17) is 5.73 Å². The number of phenolic OH excluding ortho intramolecular Hbond substituents is 1. The summed E-state index contributed by atoms with van der Waals surface area (Å²) in [5.41, 5.74) is 9.95. The van der Waals surface area contributed by atoms with Crippen LogP contribution in [-0.2, 0) is 33.2 Å². The first-order chi connectivity index (χ1) is 15.7. The van der Waals surface area contributed by atoms with Gasteiger partial charge in [0.2, 0.25) is 11.8 Å². The molecule has 0 heterocycles. The zero-order chi connectivity index (χ0) is 24.4. The molecule has 0 aliphatic heterocycles. The molecule has 0 radical (unpaired) electrons. The summed E-state index contributed by atoms with van der Waals surface area (Å²) in [5.74, 6) is -0.268. The SMILES string of the molecule is Cc1cc(O)cc(C)c1C[C@H](N)C(=O)N[C@H](CCS(C)=O)C(=O)NCCCc1ccccc1. The van der Waals surface area contributed by atoms with Gasteiger partial charge >= 0.3 is 0 Å². The molecule has 2 rings (SSSR count). The van der Waals surface area contributed by atoms with Crippen LogP contribution in [0.5, 0.6) is 5.75 Å². The Morgan fingerprint density at radius 1 is 1.09 bits per heavy atom. The number of rotatable bonds is 12. The van der Waals surface area contributed by atoms with Crippen LogP contribution in [0.15, 0.2) is 42.5 Å². The summed E-state index contributed by atoms with van der Waals surface area (Å²) in [5, 5.41) is 15.3. The van der Waals surface area contributed by atoms with Crippen LogP contribution in [0, 0.1) is 13.8 Å². The van der Waals surface area contributed by atoms with Gasteiger partial charge < -0.3 is 21.5 Å². The highest BCUT2D eigenvalue weighted by atomic mass is 32.2. The Bertz CT molecular complexity index is 942. The van der Waals surface area contributed by atoms with Crippen molar-refractivity contribution in [2.45, 2.75) is 51.6 Å². The van der Waals surface area contributed by atoms with Crippen molar-refractivity contribution in [2.24, 2.45) is 5.73 Å². The molecule has 0 fully saturated rings. The Morgan fingerprint density at radius 3 is 2.33 bits per heavy atom. The minimum Gasteiger partial charge on any atom is -0.508 e. The molecule has 2 aromatic rings. The molecule has 0 bridgehead atoms. The number of hydrogen-bond acceptors (Lipinski definition) is 5. The molecule has 2 amide bonds. The number of carbonyl (C=O) groups excluding carboxylic acids is 2. The number of aryl methyl sites for hydroxylation is 3. The van der Waals surface area contributed by atoms with Gasteiger partial charge in [-0.25, -0.2) is 0 Å². The number of phenols is 1. The summed E-state index contributed by atoms with van der Waals surface area (Å²) >= 11 is 0. The van der Waals surface area contributed by atoms with Gasteiger partial charge in [-0.05, 0) is 73.9 Å². The molecule has 0 aromatic heterocycles. The van der Waals surface area contributed by atoms with Crippen molar-refractivity contribution in [1.29, 1.82) is 0 Å². The van der Waals surface area contributed by atoms with Crippen molar-refractivity contribution in [2.75, 3.05) is 18.6 Å². The van der Waals surface area contributed by atoms with E-state index < -0.39 is 28.8 Å². The predicted molar refractivity (Wildman–Crippen MR) is 133 cm³/mol. The molecule has 0 saturated carbocycles. The van der Waals surface area contributed by atoms with Crippen molar-refractivity contribution in [1.82, 2.24) is 10.6 Å². The second kappa shape index (κ2) is 13.1. The van der Waals surface area contributed by atoms with Gasteiger partial charge in [-0.3, -0.25) is 13.8 Å². The average molecular weight is 474 g/mol. The van der Waals surface area contributed by atoms with Gasteiger partial charge in [-0.15, -0.1) is 0 Å². The largest absolute Gasteiger partial charge is 0.508 e. The minimum atomic E-state index is -1.09. The minimum absolute atomic E-state index is 0.170. The van der Waals surface area contributed by atoms with Crippen LogP contribution < -0.4 is 16.4 Å². The first kappa shape index (κ1) is 26.5. The summed E-state index contributed by atoms with van der Waals surface area (Å²) in [6.07, 6.45) is 3.74. The number of carbonyl (C=O) groups is 2. The molecule has 1 unspecified atom stereocenters. The molecule has 180 valence electrons. The molecule has 3 atom stereocenters. The highest BCUT2D eigenvalue weighted by Gasteiger charge is 2.24. The molecular weight excluding hydrogens is 438 g/mol. The number of benzene rings is 2. The van der Waals surface area contributed by atoms with Crippen LogP contribution in [0.4, 0.5) is 0 Å². The number of hydrogen-bond donors (Lipinski definition) is 4. The number of nitrogens with one attached hydrogen (secondary N) is 2. The van der Waals surface area contributed by atoms with E-state index in [1.165, 1.54) is 5.56 Å². The average Bonchev–Trinajstić information content (AvgIpc) is 2.76. The number of aromatic hydroxyl groups is 1. The third-order valence-electron chi connectivity index (χ3n) is 5.55. The van der Waals surface area contributed by atoms with Gasteiger partial charge in [-0.1, -0.05) is 30.3 Å². The Balaban J connectivity index is 1.94. The second-order valence-corrected chi connectivity index (χ2v) is 9.93. The summed E-state index contributed by atoms with van der Waals surface area (Å²) in [6.45, 7) is 4.19. The van der Waals surface area contributed by atoms with Crippen LogP contribution in [0.3, 0.4) is 0 Å². The van der Waals surface area contributed by atoms with Crippen LogP contribution in [0.1, 0.15) is 35.1 Å². The van der Waals surface area contributed by atoms with Gasteiger partial charge in [-0.2, -0.15) is 0 Å². The third kappa shape index (κ3) is 8.98. The van der Waals surface area contributed by atoms with Gasteiger partial charge in [0, 0.05) is 29.4 Å². The van der Waals surface area contributed by atoms with E-state index in [2.05, 4.69) is 10.6 Å². The topological polar surface area (TPSA) is 122 Å². The van der Waals surface area contributed by atoms with E-state index in [1.807, 2.05) is 44.2 Å². The predicted octanol–water partition coefficient (Wildman–Crippen LogP) is 1.88. The summed E-state index contributed by atoms with van der Waals surface area (Å²) in [7, 11) is -1.09. The van der Waals surface area contributed by atoms with Crippen molar-refractivity contribution in [3.8, 4) is 5.75 Å². The maximum atomic E-state index is 12.8. The molecule has 7 nitrogen and oxygen atoms in total. The van der Waals surface area contributed by atoms with Gasteiger partial charge in [0.1, 0.15) is 11.8 Å². The maximum Gasteiger partial charge on any atom is 0.242 e. The standard InChI is InChI=1S/C25H35N3O4S/c1-17-14-20(29)15-18(2)21(17)16-22(26)24(30)28-23(11-13-33(3)32)25(31)27-12-7-10-19-8-5-4-6-9-19/h4-6,8-9,14-15,22-23,29H,7,10-13,16,26H2,1-3H3,(H,27,31)(H,28,30)/t22-,23+,33?/m0/s1. The van der Waals surface area contributed by atoms with E-state index >= 15 is 0 Å². The summed E-state index contributed by atoms with van der Waals surface area (Å²) in [4.78, 5) is 25.5. The summed E-state index contributed by atoms with van der Waals surface area (Å²) < 4.78 is 11.6. The highest BCUT2D eigenvalue weighted by molar-refractivity contribution is 7.84. The fourth-order valence-electron chi connectivity index (χ4n) is 3.71. The van der Waals surface area contributed by atoms with Crippen LogP contribution >= 0.6 is 0 Å². The Kier molecular flexibility index (Phi) is 10.5. The Hall–Kier alpha value is -2.71. The number of amides is 2. The van der Waals surface area contributed by atoms with Gasteiger partial charge in [0.15, 0.2) is 0 Å². The normalized spacial score (nSPS) is 13.7. The molecule has 8 heteroatoms. The van der Waals surface area contributed by atoms with E-state index in [1.54, 1.807) is 18.4 Å². The molecule has 33 heavy (non-hydrogen) atoms. The molecular formula is C25H35N3O4S. The molecule has 2 aromatic carbocycles. The first-order valence-corrected chi connectivity index (χ1v) is 12.9. The van der Waals surface area contributed by atoms with Crippen LogP contribution in [0.25, 0.3) is 0 Å². The van der Waals surface area contributed by atoms with E-state index in [0.29, 0.717) is 12.3 Å². The van der Waals surface area contributed by atoms with E-state index in [9.17, 15) is 18.9 Å². The van der Waals surface area contributed by atoms with Gasteiger partial charge in [0.25, 0.3) is 0 Å². The highest BCUT2D eigenvalue weighted by Crippen LogP contribution is 2.21. The maximum absolute atomic E-state index is 12.8. The quantitative estimate of drug-likeness (QED) is 0.351. The smallest absolute Gasteiger partial charge is 0.242 e. The van der Waals surface area contributed by atoms with E-state index in [0.717, 1.165) is 29.5 Å². The molecule has 5 N–H and O–H groups in total. The third-order valence-corrected chi connectivity index (χ3v) is 6.36. The molecule has 0 aliphatic rings. The lowest BCUT2D eigenvalue weighted by atomic mass is 9.96. The molecule has 0 spiro atoms. The zero-order valence-corrected chi connectivity index (χ0v) is 20.4. The molecule has 0 saturated heterocycles. The fourth-order valence-corrected chi connectivity index (χ4v) is 4.28. The Labute approximate surface area is 198 Å². The lowest BCUT2D eigenvalue weighted by Gasteiger charge is -2.21. The second-order valence-electron chi connectivity index (χ2n) is 8.38. The van der Waals surface area contributed by atoms with Crippen LogP contribution in [-0.4, -0.2) is 51.8 Å². The monoisotopic (exact) mass is 473 g/mol. The molecule has 0 aliphatic carbocycles. The lowest BCUT2D eigenvalue weighted by Crippen LogP contribution is -2.52. The zero-order valence-electron chi connectivity index (χ0n) is 19.6. The lowest BCUT2D eigenvalue weighted by molar-refractivity contribution is -0.129. The van der Waals surface area contributed by atoms with E-state index in [-0.39, 0.29) is 24.5 Å². The summed E-state index contributed by atoms with van der Waals surface area (Å²) in [6, 6.07) is 11.6. The van der Waals surface area contributed by atoms with Crippen molar-refractivity contribution >= 4 is 22.6 Å². The number of nitrogens with two attached hydrogens (primary N) is 1. The van der Waals surface area contributed by atoms with Crippen molar-refractivity contribution in [3.05, 3.63) is 64.7 Å². The van der Waals surface area contributed by atoms with Crippen molar-refractivity contribution in [3.63, 3.8) is 0 Å². The Morgan fingerprint density at radius 2 is 1.73 bits per heavy atom. The first-order valence-electron chi connectivity index (χ1n) is 11.1. The fraction of sp³-hybridized carbons (Fsp3) is 0.440.